The van der Waals surface area contributed by atoms with Crippen LogP contribution in [0.3, 0.4) is 0 Å². The summed E-state index contributed by atoms with van der Waals surface area (Å²) in [6.07, 6.45) is 6.59. The van der Waals surface area contributed by atoms with Crippen molar-refractivity contribution in [3.05, 3.63) is 23.8 Å². The molecular weight excluding hydrogens is 316 g/mol. The van der Waals surface area contributed by atoms with E-state index in [4.69, 9.17) is 9.47 Å². The van der Waals surface area contributed by atoms with Gasteiger partial charge < -0.3 is 14.8 Å². The van der Waals surface area contributed by atoms with Crippen molar-refractivity contribution in [1.82, 2.24) is 0 Å². The number of carbonyl (C=O) groups excluding carboxylic acids is 1. The predicted molar refractivity (Wildman–Crippen MR) is 97.6 cm³/mol. The number of rotatable bonds is 8. The van der Waals surface area contributed by atoms with Gasteiger partial charge in [-0.25, -0.2) is 0 Å². The molecule has 1 aliphatic carbocycles. The highest BCUT2D eigenvalue weighted by molar-refractivity contribution is 5.98. The molecule has 0 unspecified atom stereocenters. The van der Waals surface area contributed by atoms with Gasteiger partial charge in [-0.3, -0.25) is 4.79 Å². The van der Waals surface area contributed by atoms with E-state index in [2.05, 4.69) is 18.3 Å². The van der Waals surface area contributed by atoms with Gasteiger partial charge >= 0.3 is 0 Å². The van der Waals surface area contributed by atoms with Crippen LogP contribution in [0, 0.1) is 11.3 Å². The van der Waals surface area contributed by atoms with Crippen molar-refractivity contribution in [3.8, 4) is 11.8 Å². The second-order valence-electron chi connectivity index (χ2n) is 6.46. The minimum absolute atomic E-state index is 0.148. The molecule has 0 atom stereocenters. The third-order valence-electron chi connectivity index (χ3n) is 4.62. The Labute approximate surface area is 150 Å². The van der Waals surface area contributed by atoms with Crippen LogP contribution in [0.2, 0.25) is 0 Å². The zero-order chi connectivity index (χ0) is 18.1. The molecule has 0 saturated heterocycles. The van der Waals surface area contributed by atoms with Crippen molar-refractivity contribution in [1.29, 1.82) is 5.26 Å². The maximum absolute atomic E-state index is 12.9. The van der Waals surface area contributed by atoms with Crippen LogP contribution in [0.15, 0.2) is 18.2 Å². The molecule has 1 amide bonds. The van der Waals surface area contributed by atoms with E-state index >= 15 is 0 Å². The van der Waals surface area contributed by atoms with Crippen LogP contribution >= 0.6 is 0 Å². The van der Waals surface area contributed by atoms with Gasteiger partial charge in [-0.1, -0.05) is 32.6 Å². The van der Waals surface area contributed by atoms with E-state index in [0.717, 1.165) is 44.9 Å². The minimum Gasteiger partial charge on any atom is -0.494 e. The number of benzene rings is 1. The van der Waals surface area contributed by atoms with Crippen molar-refractivity contribution in [2.75, 3.05) is 18.5 Å². The lowest BCUT2D eigenvalue weighted by Gasteiger charge is -2.35. The standard InChI is InChI=1S/C20H28N2O3/c1-3-5-13-24-17-9-10-18(16(14-17)15-21)22-19(23)20(25-4-2)11-7-6-8-12-20/h9-10,14H,3-8,11-13H2,1-2H3,(H,22,23). The van der Waals surface area contributed by atoms with E-state index in [1.165, 1.54) is 0 Å². The van der Waals surface area contributed by atoms with Gasteiger partial charge in [0.05, 0.1) is 17.9 Å². The Kier molecular flexibility index (Phi) is 7.27. The van der Waals surface area contributed by atoms with Crippen LogP contribution in [-0.4, -0.2) is 24.7 Å². The summed E-state index contributed by atoms with van der Waals surface area (Å²) >= 11 is 0. The molecule has 0 spiro atoms. The van der Waals surface area contributed by atoms with Crippen molar-refractivity contribution in [2.45, 2.75) is 64.4 Å². The van der Waals surface area contributed by atoms with Crippen molar-refractivity contribution in [2.24, 2.45) is 0 Å². The Morgan fingerprint density at radius 3 is 2.68 bits per heavy atom. The highest BCUT2D eigenvalue weighted by atomic mass is 16.5. The summed E-state index contributed by atoms with van der Waals surface area (Å²) < 4.78 is 11.5. The summed E-state index contributed by atoms with van der Waals surface area (Å²) in [6, 6.07) is 7.35. The van der Waals surface area contributed by atoms with Crippen LogP contribution in [0.5, 0.6) is 5.75 Å². The Hall–Kier alpha value is -2.06. The Bertz CT molecular complexity index is 610. The predicted octanol–water partition coefficient (Wildman–Crippen LogP) is 4.42. The first-order valence-corrected chi connectivity index (χ1v) is 9.27. The third-order valence-corrected chi connectivity index (χ3v) is 4.62. The number of amides is 1. The van der Waals surface area contributed by atoms with Gasteiger partial charge in [0.15, 0.2) is 0 Å². The Balaban J connectivity index is 2.12. The van der Waals surface area contributed by atoms with Crippen LogP contribution in [-0.2, 0) is 9.53 Å². The number of ether oxygens (including phenoxy) is 2. The fourth-order valence-electron chi connectivity index (χ4n) is 3.22. The number of hydrogen-bond acceptors (Lipinski definition) is 4. The van der Waals surface area contributed by atoms with Gasteiger partial charge in [0.1, 0.15) is 17.4 Å². The lowest BCUT2D eigenvalue weighted by Crippen LogP contribution is -2.47. The first-order valence-electron chi connectivity index (χ1n) is 9.27. The quantitative estimate of drug-likeness (QED) is 0.709. The molecular formula is C20H28N2O3. The zero-order valence-corrected chi connectivity index (χ0v) is 15.3. The molecule has 1 aliphatic rings. The second-order valence-corrected chi connectivity index (χ2v) is 6.46. The average molecular weight is 344 g/mol. The molecule has 1 saturated carbocycles. The normalized spacial score (nSPS) is 16.0. The van der Waals surface area contributed by atoms with Crippen LogP contribution < -0.4 is 10.1 Å². The molecule has 5 heteroatoms. The topological polar surface area (TPSA) is 71.3 Å². The fourth-order valence-corrected chi connectivity index (χ4v) is 3.22. The summed E-state index contributed by atoms with van der Waals surface area (Å²) in [5.41, 5.74) is 0.153. The first-order chi connectivity index (χ1) is 12.1. The van der Waals surface area contributed by atoms with Gasteiger partial charge in [-0.05, 0) is 44.4 Å². The zero-order valence-electron chi connectivity index (χ0n) is 15.3. The molecule has 2 rings (SSSR count). The number of unbranched alkanes of at least 4 members (excludes halogenated alkanes) is 1. The van der Waals surface area contributed by atoms with E-state index in [0.29, 0.717) is 30.2 Å². The van der Waals surface area contributed by atoms with E-state index in [-0.39, 0.29) is 5.91 Å². The smallest absolute Gasteiger partial charge is 0.256 e. The van der Waals surface area contributed by atoms with E-state index < -0.39 is 5.60 Å². The summed E-state index contributed by atoms with van der Waals surface area (Å²) in [7, 11) is 0. The molecule has 0 aromatic heterocycles. The number of anilines is 1. The highest BCUT2D eigenvalue weighted by Gasteiger charge is 2.40. The molecule has 136 valence electrons. The molecule has 0 heterocycles. The Morgan fingerprint density at radius 1 is 1.28 bits per heavy atom. The van der Waals surface area contributed by atoms with Crippen molar-refractivity contribution < 1.29 is 14.3 Å². The molecule has 1 N–H and O–H groups in total. The summed E-state index contributed by atoms with van der Waals surface area (Å²) in [5.74, 6) is 0.505. The fraction of sp³-hybridized carbons (Fsp3) is 0.600. The summed E-state index contributed by atoms with van der Waals surface area (Å²) in [4.78, 5) is 12.9. The highest BCUT2D eigenvalue weighted by Crippen LogP contribution is 2.33. The minimum atomic E-state index is -0.768. The van der Waals surface area contributed by atoms with E-state index in [9.17, 15) is 10.1 Å². The number of carbonyl (C=O) groups is 1. The monoisotopic (exact) mass is 344 g/mol. The van der Waals surface area contributed by atoms with Crippen molar-refractivity contribution >= 4 is 11.6 Å². The van der Waals surface area contributed by atoms with Gasteiger partial charge in [0.2, 0.25) is 0 Å². The SMILES string of the molecule is CCCCOc1ccc(NC(=O)C2(OCC)CCCCC2)c(C#N)c1. The number of nitrogens with one attached hydrogen (secondary N) is 1. The van der Waals surface area contributed by atoms with Gasteiger partial charge in [-0.2, -0.15) is 5.26 Å². The molecule has 1 aromatic carbocycles. The van der Waals surface area contributed by atoms with Crippen LogP contribution in [0.1, 0.15) is 64.4 Å². The second kappa shape index (κ2) is 9.43. The van der Waals surface area contributed by atoms with Gasteiger partial charge in [0, 0.05) is 6.61 Å². The molecule has 1 fully saturated rings. The number of hydrogen-bond donors (Lipinski definition) is 1. The van der Waals surface area contributed by atoms with Gasteiger partial charge in [-0.15, -0.1) is 0 Å². The van der Waals surface area contributed by atoms with Gasteiger partial charge in [0.25, 0.3) is 5.91 Å². The lowest BCUT2D eigenvalue weighted by atomic mass is 9.83. The van der Waals surface area contributed by atoms with Crippen LogP contribution in [0.4, 0.5) is 5.69 Å². The molecule has 1 aromatic rings. The maximum atomic E-state index is 12.9. The maximum Gasteiger partial charge on any atom is 0.256 e. The van der Waals surface area contributed by atoms with E-state index in [1.807, 2.05) is 6.92 Å². The van der Waals surface area contributed by atoms with Crippen molar-refractivity contribution in [3.63, 3.8) is 0 Å². The van der Waals surface area contributed by atoms with Crippen LogP contribution in [0.25, 0.3) is 0 Å². The third kappa shape index (κ3) is 4.96. The van der Waals surface area contributed by atoms with E-state index in [1.54, 1.807) is 18.2 Å². The first kappa shape index (κ1) is 19.3. The molecule has 25 heavy (non-hydrogen) atoms. The molecule has 0 aliphatic heterocycles. The lowest BCUT2D eigenvalue weighted by molar-refractivity contribution is -0.145. The molecule has 5 nitrogen and oxygen atoms in total. The summed E-state index contributed by atoms with van der Waals surface area (Å²) in [6.45, 7) is 5.14. The Morgan fingerprint density at radius 2 is 2.04 bits per heavy atom. The number of nitrogens with zero attached hydrogens (tertiary/aromatic N) is 1. The molecule has 0 radical (unpaired) electrons. The number of nitriles is 1. The molecule has 0 bridgehead atoms. The average Bonchev–Trinajstić information content (AvgIpc) is 2.64. The largest absolute Gasteiger partial charge is 0.494 e. The summed E-state index contributed by atoms with van der Waals surface area (Å²) in [5, 5.41) is 12.3.